The molecule has 0 aromatic heterocycles. The van der Waals surface area contributed by atoms with Crippen molar-refractivity contribution in [3.63, 3.8) is 0 Å². The maximum Gasteiger partial charge on any atom is 0.416 e. The molecule has 0 unspecified atom stereocenters. The topological polar surface area (TPSA) is 72.2 Å². The minimum atomic E-state index is -4.51. The maximum absolute atomic E-state index is 12.7. The first-order valence-corrected chi connectivity index (χ1v) is 11.1. The van der Waals surface area contributed by atoms with Gasteiger partial charge in [0.1, 0.15) is 0 Å². The van der Waals surface area contributed by atoms with E-state index in [-0.39, 0.29) is 16.4 Å². The third kappa shape index (κ3) is 4.94. The van der Waals surface area contributed by atoms with Gasteiger partial charge in [-0.1, -0.05) is 23.7 Å². The minimum absolute atomic E-state index is 0.184. The number of hydrogen-bond donors (Lipinski definition) is 2. The van der Waals surface area contributed by atoms with Crippen molar-refractivity contribution >= 4 is 21.6 Å². The number of benzene rings is 2. The van der Waals surface area contributed by atoms with Gasteiger partial charge >= 0.3 is 6.18 Å². The highest BCUT2D eigenvalue weighted by Gasteiger charge is 2.37. The molecule has 1 fully saturated rings. The van der Waals surface area contributed by atoms with E-state index < -0.39 is 21.8 Å². The van der Waals surface area contributed by atoms with E-state index in [1.807, 2.05) is 18.2 Å². The molecule has 29 heavy (non-hydrogen) atoms. The van der Waals surface area contributed by atoms with E-state index in [0.29, 0.717) is 37.3 Å². The third-order valence-electron chi connectivity index (χ3n) is 5.58. The number of halogens is 4. The van der Waals surface area contributed by atoms with Crippen LogP contribution in [0.1, 0.15) is 36.8 Å². The molecule has 9 heteroatoms. The Labute approximate surface area is 173 Å². The third-order valence-corrected chi connectivity index (χ3v) is 7.36. The lowest BCUT2D eigenvalue weighted by molar-refractivity contribution is -0.137. The molecule has 3 rings (SSSR count). The van der Waals surface area contributed by atoms with E-state index in [1.54, 1.807) is 6.07 Å². The van der Waals surface area contributed by atoms with Gasteiger partial charge in [-0.2, -0.15) is 13.2 Å². The number of nitrogens with one attached hydrogen (secondary N) is 1. The fraction of sp³-hybridized carbons (Fsp3) is 0.400. The van der Waals surface area contributed by atoms with Crippen molar-refractivity contribution in [1.82, 2.24) is 4.72 Å². The Balaban J connectivity index is 1.69. The fourth-order valence-corrected chi connectivity index (χ4v) is 5.32. The molecule has 158 valence electrons. The molecule has 2 aromatic carbocycles. The Morgan fingerprint density at radius 2 is 1.72 bits per heavy atom. The van der Waals surface area contributed by atoms with Crippen molar-refractivity contribution in [1.29, 1.82) is 0 Å². The highest BCUT2D eigenvalue weighted by Crippen LogP contribution is 2.40. The van der Waals surface area contributed by atoms with Crippen LogP contribution < -0.4 is 10.5 Å². The zero-order valence-corrected chi connectivity index (χ0v) is 17.1. The lowest BCUT2D eigenvalue weighted by Crippen LogP contribution is -2.45. The molecule has 0 heterocycles. The van der Waals surface area contributed by atoms with Gasteiger partial charge in [0.15, 0.2) is 0 Å². The molecule has 2 aromatic rings. The lowest BCUT2D eigenvalue weighted by atomic mass is 9.68. The fourth-order valence-electron chi connectivity index (χ4n) is 3.83. The summed E-state index contributed by atoms with van der Waals surface area (Å²) in [4.78, 5) is -0.184. The Kier molecular flexibility index (Phi) is 6.29. The van der Waals surface area contributed by atoms with Crippen LogP contribution in [0.15, 0.2) is 53.4 Å². The molecular weight excluding hydrogens is 425 g/mol. The molecule has 0 amide bonds. The number of hydrogen-bond acceptors (Lipinski definition) is 3. The average Bonchev–Trinajstić information content (AvgIpc) is 2.68. The monoisotopic (exact) mass is 446 g/mol. The summed E-state index contributed by atoms with van der Waals surface area (Å²) >= 11 is 6.10. The van der Waals surface area contributed by atoms with E-state index in [2.05, 4.69) is 4.72 Å². The Hall–Kier alpha value is -1.61. The van der Waals surface area contributed by atoms with Crippen LogP contribution in [0.25, 0.3) is 0 Å². The normalized spacial score (nSPS) is 23.1. The Morgan fingerprint density at radius 1 is 1.10 bits per heavy atom. The van der Waals surface area contributed by atoms with Gasteiger partial charge in [-0.05, 0) is 67.6 Å². The van der Waals surface area contributed by atoms with Crippen LogP contribution in [0, 0.1) is 0 Å². The summed E-state index contributed by atoms with van der Waals surface area (Å²) in [6, 6.07) is 10.7. The van der Waals surface area contributed by atoms with Crippen LogP contribution in [0.5, 0.6) is 0 Å². The summed E-state index contributed by atoms with van der Waals surface area (Å²) in [5, 5.41) is 0.625. The molecule has 0 radical (unpaired) electrons. The zero-order valence-electron chi connectivity index (χ0n) is 15.5. The van der Waals surface area contributed by atoms with E-state index in [9.17, 15) is 21.6 Å². The van der Waals surface area contributed by atoms with Crippen LogP contribution in [0.2, 0.25) is 5.02 Å². The van der Waals surface area contributed by atoms with E-state index in [4.69, 9.17) is 17.3 Å². The number of rotatable bonds is 5. The summed E-state index contributed by atoms with van der Waals surface area (Å²) in [5.41, 5.74) is 5.95. The van der Waals surface area contributed by atoms with Crippen molar-refractivity contribution in [2.24, 2.45) is 5.73 Å². The van der Waals surface area contributed by atoms with Gasteiger partial charge in [-0.15, -0.1) is 0 Å². The van der Waals surface area contributed by atoms with Gasteiger partial charge in [-0.3, -0.25) is 0 Å². The predicted octanol–water partition coefficient (Wildman–Crippen LogP) is 4.48. The smallest absolute Gasteiger partial charge is 0.330 e. The van der Waals surface area contributed by atoms with E-state index in [0.717, 1.165) is 29.8 Å². The summed E-state index contributed by atoms with van der Waals surface area (Å²) in [6.07, 6.45) is -1.99. The summed E-state index contributed by atoms with van der Waals surface area (Å²) in [5.74, 6) is 0. The number of sulfonamides is 1. The predicted molar refractivity (Wildman–Crippen MR) is 106 cm³/mol. The summed E-state index contributed by atoms with van der Waals surface area (Å²) in [6.45, 7) is 0.422. The largest absolute Gasteiger partial charge is 0.416 e. The second kappa shape index (κ2) is 8.26. The molecular formula is C20H22ClF3N2O2S. The van der Waals surface area contributed by atoms with Crippen LogP contribution in [0.3, 0.4) is 0 Å². The first-order valence-electron chi connectivity index (χ1n) is 9.21. The number of alkyl halides is 3. The maximum atomic E-state index is 12.7. The molecule has 1 saturated carbocycles. The Morgan fingerprint density at radius 3 is 2.24 bits per heavy atom. The minimum Gasteiger partial charge on any atom is -0.330 e. The SMILES string of the molecule is NC[C@]1(c2cccc(Cl)c2)CC[C@@H](NS(=O)(=O)c2ccc(C(F)(F)F)cc2)CC1. The van der Waals surface area contributed by atoms with E-state index in [1.165, 1.54) is 0 Å². The highest BCUT2D eigenvalue weighted by molar-refractivity contribution is 7.89. The van der Waals surface area contributed by atoms with Crippen molar-refractivity contribution in [2.75, 3.05) is 6.54 Å². The molecule has 0 aliphatic heterocycles. The lowest BCUT2D eigenvalue weighted by Gasteiger charge is -2.40. The summed E-state index contributed by atoms with van der Waals surface area (Å²) < 4.78 is 65.8. The van der Waals surface area contributed by atoms with Gasteiger partial charge < -0.3 is 5.73 Å². The molecule has 3 N–H and O–H groups in total. The van der Waals surface area contributed by atoms with Crippen LogP contribution in [0.4, 0.5) is 13.2 Å². The average molecular weight is 447 g/mol. The zero-order chi connectivity index (χ0) is 21.3. The van der Waals surface area contributed by atoms with Gasteiger partial charge in [0.25, 0.3) is 0 Å². The molecule has 0 bridgehead atoms. The quantitative estimate of drug-likeness (QED) is 0.711. The van der Waals surface area contributed by atoms with Crippen molar-refractivity contribution in [3.05, 3.63) is 64.7 Å². The molecule has 0 spiro atoms. The van der Waals surface area contributed by atoms with Crippen molar-refractivity contribution < 1.29 is 21.6 Å². The molecule has 0 saturated heterocycles. The van der Waals surface area contributed by atoms with E-state index >= 15 is 0 Å². The molecule has 0 atom stereocenters. The highest BCUT2D eigenvalue weighted by atomic mass is 35.5. The van der Waals surface area contributed by atoms with Gasteiger partial charge in [0.05, 0.1) is 10.5 Å². The molecule has 4 nitrogen and oxygen atoms in total. The second-order valence-electron chi connectivity index (χ2n) is 7.41. The van der Waals surface area contributed by atoms with Crippen molar-refractivity contribution in [2.45, 2.75) is 48.2 Å². The Bertz CT molecular complexity index is 954. The first-order chi connectivity index (χ1) is 13.6. The number of nitrogens with two attached hydrogens (primary N) is 1. The van der Waals surface area contributed by atoms with Gasteiger partial charge in [0.2, 0.25) is 10.0 Å². The molecule has 1 aliphatic carbocycles. The second-order valence-corrected chi connectivity index (χ2v) is 9.56. The van der Waals surface area contributed by atoms with Gasteiger partial charge in [-0.25, -0.2) is 13.1 Å². The van der Waals surface area contributed by atoms with Gasteiger partial charge in [0, 0.05) is 23.0 Å². The van der Waals surface area contributed by atoms with Crippen LogP contribution in [-0.4, -0.2) is 21.0 Å². The van der Waals surface area contributed by atoms with Crippen molar-refractivity contribution in [3.8, 4) is 0 Å². The van der Waals surface area contributed by atoms with Crippen LogP contribution in [-0.2, 0) is 21.6 Å². The molecule has 1 aliphatic rings. The first kappa shape index (κ1) is 22.1. The standard InChI is InChI=1S/C20H22ClF3N2O2S/c21-16-3-1-2-15(12-16)19(13-25)10-8-17(9-11-19)26-29(27,28)18-6-4-14(5-7-18)20(22,23)24/h1-7,12,17,26H,8-11,13,25H2/t17-,19+. The summed E-state index contributed by atoms with van der Waals surface area (Å²) in [7, 11) is -3.91. The van der Waals surface area contributed by atoms with Crippen LogP contribution >= 0.6 is 11.6 Å².